The first-order valence-corrected chi connectivity index (χ1v) is 10.5. The molecule has 3 N–H and O–H groups in total. The van der Waals surface area contributed by atoms with E-state index in [1.807, 2.05) is 54.6 Å². The maximum absolute atomic E-state index is 12.5. The Kier molecular flexibility index (Phi) is 6.46. The average molecular weight is 428 g/mol. The lowest BCUT2D eigenvalue weighted by Gasteiger charge is -2.09. The van der Waals surface area contributed by atoms with Crippen LogP contribution in [-0.2, 0) is 0 Å². The number of aromatic nitrogens is 2. The van der Waals surface area contributed by atoms with Crippen molar-refractivity contribution in [1.29, 1.82) is 0 Å². The molecule has 0 saturated heterocycles. The van der Waals surface area contributed by atoms with Crippen molar-refractivity contribution in [3.8, 4) is 22.8 Å². The zero-order valence-corrected chi connectivity index (χ0v) is 17.7. The van der Waals surface area contributed by atoms with Crippen molar-refractivity contribution in [3.05, 3.63) is 78.0 Å². The van der Waals surface area contributed by atoms with Gasteiger partial charge in [0.15, 0.2) is 0 Å². The smallest absolute Gasteiger partial charge is 0.289 e. The molecule has 4 rings (SSSR count). The molecular formula is C25H24N4O3. The van der Waals surface area contributed by atoms with Gasteiger partial charge in [0.05, 0.1) is 18.5 Å². The molecule has 0 aliphatic rings. The number of benzene rings is 3. The van der Waals surface area contributed by atoms with Crippen molar-refractivity contribution in [3.63, 3.8) is 0 Å². The minimum atomic E-state index is -0.441. The second kappa shape index (κ2) is 9.78. The lowest BCUT2D eigenvalue weighted by atomic mass is 10.0. The molecule has 0 radical (unpaired) electrons. The summed E-state index contributed by atoms with van der Waals surface area (Å²) >= 11 is 0. The van der Waals surface area contributed by atoms with E-state index in [-0.39, 0.29) is 11.4 Å². The predicted molar refractivity (Wildman–Crippen MR) is 125 cm³/mol. The summed E-state index contributed by atoms with van der Waals surface area (Å²) < 4.78 is 5.86. The summed E-state index contributed by atoms with van der Waals surface area (Å²) in [6.45, 7) is 2.74. The van der Waals surface area contributed by atoms with E-state index in [1.54, 1.807) is 12.1 Å². The van der Waals surface area contributed by atoms with Gasteiger partial charge in [-0.3, -0.25) is 9.89 Å². The Morgan fingerprint density at radius 3 is 2.84 bits per heavy atom. The SMILES string of the molecule is CCCCOc1ccccc1-c1cc(C(=O)NN=Cc2c(O)ccc3ccccc23)[nH]n1. The molecule has 0 atom stereocenters. The van der Waals surface area contributed by atoms with Crippen LogP contribution in [0.4, 0.5) is 0 Å². The van der Waals surface area contributed by atoms with Gasteiger partial charge >= 0.3 is 0 Å². The number of phenols is 1. The van der Waals surface area contributed by atoms with Gasteiger partial charge in [0.1, 0.15) is 17.2 Å². The van der Waals surface area contributed by atoms with Crippen molar-refractivity contribution in [1.82, 2.24) is 15.6 Å². The van der Waals surface area contributed by atoms with E-state index in [1.165, 1.54) is 6.21 Å². The third kappa shape index (κ3) is 4.62. The number of phenolic OH excluding ortho intramolecular Hbond substituents is 1. The molecule has 4 aromatic rings. The Balaban J connectivity index is 1.48. The Bertz CT molecular complexity index is 1260. The van der Waals surface area contributed by atoms with Crippen LogP contribution in [-0.4, -0.2) is 34.0 Å². The minimum Gasteiger partial charge on any atom is -0.507 e. The summed E-state index contributed by atoms with van der Waals surface area (Å²) in [5, 5.41) is 23.0. The number of para-hydroxylation sites is 1. The molecule has 3 aromatic carbocycles. The second-order valence-corrected chi connectivity index (χ2v) is 7.28. The number of hydrazone groups is 1. The number of aromatic hydroxyl groups is 1. The van der Waals surface area contributed by atoms with Crippen LogP contribution in [0.2, 0.25) is 0 Å². The summed E-state index contributed by atoms with van der Waals surface area (Å²) in [4.78, 5) is 12.5. The first-order valence-electron chi connectivity index (χ1n) is 10.5. The van der Waals surface area contributed by atoms with Gasteiger partial charge in [0.25, 0.3) is 5.91 Å². The number of carbonyl (C=O) groups excluding carboxylic acids is 1. The standard InChI is InChI=1S/C25H24N4O3/c1-2-3-14-32-24-11-7-6-10-19(24)21-15-22(28-27-21)25(31)29-26-16-20-18-9-5-4-8-17(18)12-13-23(20)30/h4-13,15-16,30H,2-3,14H2,1H3,(H,27,28)(H,29,31). The number of H-pyrrole nitrogens is 1. The van der Waals surface area contributed by atoms with E-state index >= 15 is 0 Å². The van der Waals surface area contributed by atoms with Crippen LogP contribution < -0.4 is 10.2 Å². The number of fused-ring (bicyclic) bond motifs is 1. The molecule has 32 heavy (non-hydrogen) atoms. The van der Waals surface area contributed by atoms with Crippen LogP contribution in [0.3, 0.4) is 0 Å². The molecule has 1 aromatic heterocycles. The van der Waals surface area contributed by atoms with Gasteiger partial charge in [-0.2, -0.15) is 10.2 Å². The Morgan fingerprint density at radius 2 is 1.97 bits per heavy atom. The predicted octanol–water partition coefficient (Wildman–Crippen LogP) is 4.88. The number of ether oxygens (including phenoxy) is 1. The largest absolute Gasteiger partial charge is 0.507 e. The van der Waals surface area contributed by atoms with Crippen LogP contribution in [0, 0.1) is 0 Å². The molecule has 1 heterocycles. The fourth-order valence-electron chi connectivity index (χ4n) is 3.34. The molecule has 0 aliphatic carbocycles. The molecule has 7 nitrogen and oxygen atoms in total. The highest BCUT2D eigenvalue weighted by Gasteiger charge is 2.14. The lowest BCUT2D eigenvalue weighted by Crippen LogP contribution is -2.18. The van der Waals surface area contributed by atoms with Crippen molar-refractivity contribution >= 4 is 22.9 Å². The van der Waals surface area contributed by atoms with Gasteiger partial charge < -0.3 is 9.84 Å². The monoisotopic (exact) mass is 428 g/mol. The number of nitrogens with zero attached hydrogens (tertiary/aromatic N) is 2. The summed E-state index contributed by atoms with van der Waals surface area (Å²) in [6.07, 6.45) is 3.45. The molecular weight excluding hydrogens is 404 g/mol. The highest BCUT2D eigenvalue weighted by atomic mass is 16.5. The van der Waals surface area contributed by atoms with Crippen molar-refractivity contribution in [2.24, 2.45) is 5.10 Å². The van der Waals surface area contributed by atoms with E-state index < -0.39 is 5.91 Å². The third-order valence-corrected chi connectivity index (χ3v) is 5.05. The average Bonchev–Trinajstić information content (AvgIpc) is 3.31. The Hall–Kier alpha value is -4.13. The number of unbranched alkanes of at least 4 members (excludes halogenated alkanes) is 1. The second-order valence-electron chi connectivity index (χ2n) is 7.28. The topological polar surface area (TPSA) is 99.6 Å². The summed E-state index contributed by atoms with van der Waals surface area (Å²) in [7, 11) is 0. The van der Waals surface area contributed by atoms with Crippen LogP contribution in [0.5, 0.6) is 11.5 Å². The van der Waals surface area contributed by atoms with Crippen LogP contribution >= 0.6 is 0 Å². The normalized spacial score (nSPS) is 11.2. The van der Waals surface area contributed by atoms with Crippen molar-refractivity contribution < 1.29 is 14.6 Å². The lowest BCUT2D eigenvalue weighted by molar-refractivity contribution is 0.0950. The van der Waals surface area contributed by atoms with E-state index in [9.17, 15) is 9.90 Å². The number of aromatic amines is 1. The van der Waals surface area contributed by atoms with E-state index in [0.717, 1.165) is 34.9 Å². The van der Waals surface area contributed by atoms with Gasteiger partial charge in [0, 0.05) is 11.1 Å². The molecule has 0 bridgehead atoms. The van der Waals surface area contributed by atoms with Gasteiger partial charge in [-0.25, -0.2) is 5.43 Å². The summed E-state index contributed by atoms with van der Waals surface area (Å²) in [6, 6.07) is 20.3. The zero-order chi connectivity index (χ0) is 22.3. The fraction of sp³-hybridized carbons (Fsp3) is 0.160. The fourth-order valence-corrected chi connectivity index (χ4v) is 3.34. The number of hydrogen-bond acceptors (Lipinski definition) is 5. The van der Waals surface area contributed by atoms with Crippen LogP contribution in [0.1, 0.15) is 35.8 Å². The Labute approximate surface area is 185 Å². The highest BCUT2D eigenvalue weighted by molar-refractivity contribution is 6.03. The summed E-state index contributed by atoms with van der Waals surface area (Å²) in [5.41, 5.74) is 4.70. The maximum atomic E-state index is 12.5. The van der Waals surface area contributed by atoms with Gasteiger partial charge in [-0.15, -0.1) is 0 Å². The first kappa shape index (κ1) is 21.1. The van der Waals surface area contributed by atoms with Gasteiger partial charge in [0.2, 0.25) is 0 Å². The number of rotatable bonds is 8. The molecule has 1 amide bonds. The maximum Gasteiger partial charge on any atom is 0.289 e. The number of amides is 1. The number of carbonyl (C=O) groups is 1. The van der Waals surface area contributed by atoms with E-state index in [4.69, 9.17) is 4.74 Å². The molecule has 0 saturated carbocycles. The first-order chi connectivity index (χ1) is 15.7. The molecule has 0 spiro atoms. The molecule has 0 fully saturated rings. The van der Waals surface area contributed by atoms with E-state index in [2.05, 4.69) is 27.6 Å². The highest BCUT2D eigenvalue weighted by Crippen LogP contribution is 2.29. The molecule has 162 valence electrons. The molecule has 0 aliphatic heterocycles. The van der Waals surface area contributed by atoms with E-state index in [0.29, 0.717) is 17.9 Å². The van der Waals surface area contributed by atoms with Crippen molar-refractivity contribution in [2.45, 2.75) is 19.8 Å². The summed E-state index contributed by atoms with van der Waals surface area (Å²) in [5.74, 6) is 0.373. The molecule has 7 heteroatoms. The quantitative estimate of drug-likeness (QED) is 0.212. The third-order valence-electron chi connectivity index (χ3n) is 5.05. The van der Waals surface area contributed by atoms with Crippen molar-refractivity contribution in [2.75, 3.05) is 6.61 Å². The molecule has 0 unspecified atom stereocenters. The van der Waals surface area contributed by atoms with Gasteiger partial charge in [-0.05, 0) is 41.5 Å². The minimum absolute atomic E-state index is 0.0882. The number of nitrogens with one attached hydrogen (secondary N) is 2. The van der Waals surface area contributed by atoms with Crippen LogP contribution in [0.15, 0.2) is 71.8 Å². The van der Waals surface area contributed by atoms with Crippen LogP contribution in [0.25, 0.3) is 22.0 Å². The zero-order valence-electron chi connectivity index (χ0n) is 17.7. The number of hydrogen-bond donors (Lipinski definition) is 3. The van der Waals surface area contributed by atoms with Gasteiger partial charge in [-0.1, -0.05) is 55.8 Å². The Morgan fingerprint density at radius 1 is 1.16 bits per heavy atom.